The Kier molecular flexibility index (Phi) is 4.13. The van der Waals surface area contributed by atoms with Gasteiger partial charge in [-0.3, -0.25) is 0 Å². The molecule has 0 spiro atoms. The number of hydrogen-bond donors (Lipinski definition) is 1. The van der Waals surface area contributed by atoms with Crippen LogP contribution < -0.4 is 5.32 Å². The molecule has 1 heterocycles. The Bertz CT molecular complexity index is 438. The molecule has 20 heavy (non-hydrogen) atoms. The molecule has 0 radical (unpaired) electrons. The Morgan fingerprint density at radius 1 is 1.10 bits per heavy atom. The van der Waals surface area contributed by atoms with Crippen LogP contribution in [0.25, 0.3) is 0 Å². The summed E-state index contributed by atoms with van der Waals surface area (Å²) in [6, 6.07) is 7.79. The smallest absolute Gasteiger partial charge is 0.0471 e. The van der Waals surface area contributed by atoms with Crippen LogP contribution in [0.1, 0.15) is 42.4 Å². The molecular weight excluding hydrogens is 246 g/mol. The van der Waals surface area contributed by atoms with Crippen molar-refractivity contribution in [1.29, 1.82) is 0 Å². The van der Waals surface area contributed by atoms with E-state index in [1.807, 2.05) is 0 Å². The zero-order valence-electron chi connectivity index (χ0n) is 12.9. The summed E-state index contributed by atoms with van der Waals surface area (Å²) < 4.78 is 5.60. The van der Waals surface area contributed by atoms with Gasteiger partial charge in [-0.2, -0.15) is 0 Å². The summed E-state index contributed by atoms with van der Waals surface area (Å²) in [5, 5.41) is 3.76. The van der Waals surface area contributed by atoms with Gasteiger partial charge in [0.05, 0.1) is 0 Å². The third-order valence-electron chi connectivity index (χ3n) is 4.76. The molecule has 1 aromatic rings. The number of benzene rings is 1. The molecule has 0 amide bonds. The van der Waals surface area contributed by atoms with Crippen molar-refractivity contribution in [3.63, 3.8) is 0 Å². The Morgan fingerprint density at radius 3 is 2.35 bits per heavy atom. The summed E-state index contributed by atoms with van der Waals surface area (Å²) in [7, 11) is 0. The van der Waals surface area contributed by atoms with E-state index in [9.17, 15) is 0 Å². The van der Waals surface area contributed by atoms with Gasteiger partial charge in [-0.1, -0.05) is 29.3 Å². The van der Waals surface area contributed by atoms with Crippen LogP contribution in [0.15, 0.2) is 18.2 Å². The van der Waals surface area contributed by atoms with Gasteiger partial charge in [-0.25, -0.2) is 0 Å². The van der Waals surface area contributed by atoms with E-state index in [2.05, 4.69) is 37.4 Å². The molecule has 1 aliphatic heterocycles. The van der Waals surface area contributed by atoms with Gasteiger partial charge in [0.1, 0.15) is 0 Å². The number of aryl methyl sites for hydroxylation is 2. The van der Waals surface area contributed by atoms with Gasteiger partial charge in [0.25, 0.3) is 0 Å². The first-order valence-electron chi connectivity index (χ1n) is 8.04. The highest BCUT2D eigenvalue weighted by molar-refractivity contribution is 5.29. The van der Waals surface area contributed by atoms with Gasteiger partial charge in [0.2, 0.25) is 0 Å². The van der Waals surface area contributed by atoms with E-state index in [1.54, 1.807) is 0 Å². The topological polar surface area (TPSA) is 21.3 Å². The largest absolute Gasteiger partial charge is 0.381 e. The van der Waals surface area contributed by atoms with Crippen LogP contribution in [-0.2, 0) is 11.2 Å². The highest BCUT2D eigenvalue weighted by Crippen LogP contribution is 2.35. The van der Waals surface area contributed by atoms with E-state index in [-0.39, 0.29) is 0 Å². The maximum absolute atomic E-state index is 5.60. The summed E-state index contributed by atoms with van der Waals surface area (Å²) in [6.45, 7) is 7.42. The molecular formula is C18H27NO. The molecule has 0 bridgehead atoms. The average Bonchev–Trinajstić information content (AvgIpc) is 3.20. The number of rotatable bonds is 5. The number of hydrogen-bond acceptors (Lipinski definition) is 2. The molecule has 1 aromatic carbocycles. The summed E-state index contributed by atoms with van der Waals surface area (Å²) in [5.74, 6) is 0. The van der Waals surface area contributed by atoms with Crippen molar-refractivity contribution in [2.24, 2.45) is 5.41 Å². The Labute approximate surface area is 122 Å². The standard InChI is InChI=1S/C18H27NO/c1-14-9-15(2)11-16(10-14)12-18(5-7-20-8-6-18)13-19-17-3-4-17/h9-11,17,19H,3-8,12-13H2,1-2H3. The van der Waals surface area contributed by atoms with E-state index >= 15 is 0 Å². The van der Waals surface area contributed by atoms with Gasteiger partial charge in [-0.15, -0.1) is 0 Å². The van der Waals surface area contributed by atoms with Crippen LogP contribution in [-0.4, -0.2) is 25.8 Å². The molecule has 1 aliphatic carbocycles. The molecule has 1 N–H and O–H groups in total. The zero-order chi connectivity index (χ0) is 14.0. The highest BCUT2D eigenvalue weighted by Gasteiger charge is 2.34. The van der Waals surface area contributed by atoms with Crippen molar-refractivity contribution in [2.75, 3.05) is 19.8 Å². The third kappa shape index (κ3) is 3.62. The van der Waals surface area contributed by atoms with Gasteiger partial charge in [0.15, 0.2) is 0 Å². The minimum Gasteiger partial charge on any atom is -0.381 e. The molecule has 2 heteroatoms. The fraction of sp³-hybridized carbons (Fsp3) is 0.667. The first-order chi connectivity index (χ1) is 9.65. The normalized spacial score (nSPS) is 21.9. The maximum atomic E-state index is 5.60. The quantitative estimate of drug-likeness (QED) is 0.888. The minimum absolute atomic E-state index is 0.404. The highest BCUT2D eigenvalue weighted by atomic mass is 16.5. The van der Waals surface area contributed by atoms with Crippen LogP contribution in [0.4, 0.5) is 0 Å². The summed E-state index contributed by atoms with van der Waals surface area (Å²) in [6.07, 6.45) is 6.32. The van der Waals surface area contributed by atoms with Gasteiger partial charge >= 0.3 is 0 Å². The fourth-order valence-corrected chi connectivity index (χ4v) is 3.47. The lowest BCUT2D eigenvalue weighted by atomic mass is 9.75. The van der Waals surface area contributed by atoms with E-state index in [1.165, 1.54) is 48.8 Å². The predicted octanol–water partition coefficient (Wildman–Crippen LogP) is 3.39. The molecule has 110 valence electrons. The number of nitrogens with one attached hydrogen (secondary N) is 1. The van der Waals surface area contributed by atoms with Crippen LogP contribution in [0.5, 0.6) is 0 Å². The molecule has 0 atom stereocenters. The second kappa shape index (κ2) is 5.87. The second-order valence-corrected chi connectivity index (χ2v) is 6.94. The zero-order valence-corrected chi connectivity index (χ0v) is 12.9. The summed E-state index contributed by atoms with van der Waals surface area (Å²) in [5.41, 5.74) is 4.68. The monoisotopic (exact) mass is 273 g/mol. The van der Waals surface area contributed by atoms with Gasteiger partial charge in [-0.05, 0) is 56.9 Å². The van der Waals surface area contributed by atoms with E-state index in [0.29, 0.717) is 5.41 Å². The van der Waals surface area contributed by atoms with Crippen molar-refractivity contribution in [1.82, 2.24) is 5.32 Å². The Morgan fingerprint density at radius 2 is 1.75 bits per heavy atom. The fourth-order valence-electron chi connectivity index (χ4n) is 3.47. The van der Waals surface area contributed by atoms with E-state index in [4.69, 9.17) is 4.74 Å². The molecule has 1 saturated carbocycles. The van der Waals surface area contributed by atoms with E-state index < -0.39 is 0 Å². The lowest BCUT2D eigenvalue weighted by molar-refractivity contribution is 0.0147. The van der Waals surface area contributed by atoms with Crippen molar-refractivity contribution in [3.8, 4) is 0 Å². The van der Waals surface area contributed by atoms with Gasteiger partial charge < -0.3 is 10.1 Å². The summed E-state index contributed by atoms with van der Waals surface area (Å²) >= 11 is 0. The molecule has 2 fully saturated rings. The SMILES string of the molecule is Cc1cc(C)cc(CC2(CNC3CC3)CCOCC2)c1. The predicted molar refractivity (Wildman–Crippen MR) is 83.1 cm³/mol. The molecule has 2 nitrogen and oxygen atoms in total. The lowest BCUT2D eigenvalue weighted by Gasteiger charge is -2.38. The first-order valence-corrected chi connectivity index (χ1v) is 8.04. The van der Waals surface area contributed by atoms with Crippen LogP contribution in [0.2, 0.25) is 0 Å². The van der Waals surface area contributed by atoms with Crippen molar-refractivity contribution >= 4 is 0 Å². The van der Waals surface area contributed by atoms with Crippen LogP contribution >= 0.6 is 0 Å². The van der Waals surface area contributed by atoms with Crippen molar-refractivity contribution < 1.29 is 4.74 Å². The molecule has 1 saturated heterocycles. The van der Waals surface area contributed by atoms with E-state index in [0.717, 1.165) is 25.8 Å². The summed E-state index contributed by atoms with van der Waals surface area (Å²) in [4.78, 5) is 0. The Hall–Kier alpha value is -0.860. The molecule has 0 aromatic heterocycles. The second-order valence-electron chi connectivity index (χ2n) is 6.94. The van der Waals surface area contributed by atoms with Crippen LogP contribution in [0, 0.1) is 19.3 Å². The number of ether oxygens (including phenoxy) is 1. The lowest BCUT2D eigenvalue weighted by Crippen LogP contribution is -2.41. The van der Waals surface area contributed by atoms with Crippen LogP contribution in [0.3, 0.4) is 0 Å². The molecule has 3 rings (SSSR count). The van der Waals surface area contributed by atoms with Crippen molar-refractivity contribution in [3.05, 3.63) is 34.9 Å². The molecule has 0 unspecified atom stereocenters. The minimum atomic E-state index is 0.404. The van der Waals surface area contributed by atoms with Crippen molar-refractivity contribution in [2.45, 2.75) is 52.0 Å². The Balaban J connectivity index is 1.73. The third-order valence-corrected chi connectivity index (χ3v) is 4.76. The maximum Gasteiger partial charge on any atom is 0.0471 e. The average molecular weight is 273 g/mol. The first kappa shape index (κ1) is 14.1. The molecule has 2 aliphatic rings. The van der Waals surface area contributed by atoms with Gasteiger partial charge in [0, 0.05) is 25.8 Å².